The Balaban J connectivity index is 2.61. The second-order valence-corrected chi connectivity index (χ2v) is 1.50. The molecule has 0 bridgehead atoms. The van der Waals surface area contributed by atoms with E-state index in [1.807, 2.05) is 12.3 Å². The van der Waals surface area contributed by atoms with Crippen LogP contribution in [0.5, 0.6) is 0 Å². The fourth-order valence-corrected chi connectivity index (χ4v) is 0.429. The van der Waals surface area contributed by atoms with E-state index in [4.69, 9.17) is 0 Å². The lowest BCUT2D eigenvalue weighted by atomic mass is 9.87. The first kappa shape index (κ1) is 3.66. The van der Waals surface area contributed by atoms with Crippen molar-refractivity contribution < 1.29 is 0 Å². The molecule has 0 saturated carbocycles. The van der Waals surface area contributed by atoms with Crippen LogP contribution in [0.15, 0.2) is 16.5 Å². The van der Waals surface area contributed by atoms with E-state index >= 15 is 0 Å². The van der Waals surface area contributed by atoms with Gasteiger partial charge in [0.2, 0.25) is 0 Å². The Morgan fingerprint density at radius 1 is 1.83 bits per heavy atom. The van der Waals surface area contributed by atoms with Gasteiger partial charge in [-0.25, -0.2) is 0 Å². The maximum atomic E-state index is 3.95. The van der Waals surface area contributed by atoms with Crippen LogP contribution in [0, 0.1) is 0 Å². The molecule has 0 amide bonds. The van der Waals surface area contributed by atoms with Crippen LogP contribution < -0.4 is 0 Å². The first-order chi connectivity index (χ1) is 2.89. The van der Waals surface area contributed by atoms with Gasteiger partial charge >= 0.3 is 0 Å². The van der Waals surface area contributed by atoms with Crippen molar-refractivity contribution in [2.24, 2.45) is 4.90 Å². The van der Waals surface area contributed by atoms with Crippen LogP contribution >= 0.6 is 0 Å². The predicted octanol–water partition coefficient (Wildman–Crippen LogP) is 0.326. The normalized spacial score (nSPS) is 17.2. The molecule has 0 aromatic carbocycles. The molecule has 0 fully saturated rings. The van der Waals surface area contributed by atoms with Crippen LogP contribution in [0.3, 0.4) is 0 Å². The summed E-state index contributed by atoms with van der Waals surface area (Å²) in [6, 6.07) is 0. The van der Waals surface area contributed by atoms with E-state index in [2.05, 4.69) is 11.8 Å². The summed E-state index contributed by atoms with van der Waals surface area (Å²) in [5.74, 6) is 0. The third-order valence-corrected chi connectivity index (χ3v) is 0.805. The molecule has 1 aliphatic rings. The van der Waals surface area contributed by atoms with Crippen LogP contribution in [0.2, 0.25) is 0 Å². The van der Waals surface area contributed by atoms with Gasteiger partial charge in [-0.2, -0.15) is 0 Å². The SMILES string of the molecule is CC1=CC=NB1. The third-order valence-electron chi connectivity index (χ3n) is 0.805. The maximum absolute atomic E-state index is 3.95. The third kappa shape index (κ3) is 0.508. The summed E-state index contributed by atoms with van der Waals surface area (Å²) in [4.78, 5) is 3.95. The molecule has 0 unspecified atom stereocenters. The Hall–Kier alpha value is -0.525. The zero-order valence-electron chi connectivity index (χ0n) is 3.81. The van der Waals surface area contributed by atoms with E-state index in [1.165, 1.54) is 5.47 Å². The van der Waals surface area contributed by atoms with Crippen molar-refractivity contribution in [3.05, 3.63) is 11.5 Å². The van der Waals surface area contributed by atoms with Gasteiger partial charge in [0.15, 0.2) is 0 Å². The van der Waals surface area contributed by atoms with Gasteiger partial charge in [-0.05, 0) is 0 Å². The highest BCUT2D eigenvalue weighted by Crippen LogP contribution is 1.92. The summed E-state index contributed by atoms with van der Waals surface area (Å²) in [5.41, 5.74) is 1.36. The topological polar surface area (TPSA) is 12.4 Å². The van der Waals surface area contributed by atoms with Gasteiger partial charge in [-0.1, -0.05) is 18.5 Å². The number of allylic oxidation sites excluding steroid dienone is 2. The van der Waals surface area contributed by atoms with Crippen LogP contribution in [0.25, 0.3) is 0 Å². The highest BCUT2D eigenvalue weighted by Gasteiger charge is 1.91. The van der Waals surface area contributed by atoms with Crippen LogP contribution in [0.4, 0.5) is 0 Å². The van der Waals surface area contributed by atoms with Crippen molar-refractivity contribution in [2.45, 2.75) is 6.92 Å². The smallest absolute Gasteiger partial charge is 0.290 e. The van der Waals surface area contributed by atoms with Gasteiger partial charge in [-0.3, -0.25) is 0 Å². The molecule has 1 heterocycles. The van der Waals surface area contributed by atoms with E-state index < -0.39 is 0 Å². The lowest BCUT2D eigenvalue weighted by Gasteiger charge is -1.74. The average Bonchev–Trinajstić information content (AvgIpc) is 1.86. The van der Waals surface area contributed by atoms with E-state index in [0.717, 1.165) is 7.41 Å². The summed E-state index contributed by atoms with van der Waals surface area (Å²) >= 11 is 0. The highest BCUT2D eigenvalue weighted by atomic mass is 14.6. The molecule has 0 N–H and O–H groups in total. The second-order valence-electron chi connectivity index (χ2n) is 1.50. The molecule has 1 rings (SSSR count). The van der Waals surface area contributed by atoms with E-state index in [-0.39, 0.29) is 0 Å². The number of nitrogens with zero attached hydrogens (tertiary/aromatic N) is 1. The van der Waals surface area contributed by atoms with Gasteiger partial charge in [0, 0.05) is 6.21 Å². The summed E-state index contributed by atoms with van der Waals surface area (Å²) in [7, 11) is 0.917. The molecule has 0 saturated heterocycles. The van der Waals surface area contributed by atoms with Crippen LogP contribution in [0.1, 0.15) is 6.92 Å². The minimum absolute atomic E-state index is 0.917. The summed E-state index contributed by atoms with van der Waals surface area (Å²) < 4.78 is 0. The first-order valence-corrected chi connectivity index (χ1v) is 2.05. The molecule has 2 heteroatoms. The van der Waals surface area contributed by atoms with Crippen molar-refractivity contribution in [1.29, 1.82) is 0 Å². The number of rotatable bonds is 0. The Morgan fingerprint density at radius 2 is 2.67 bits per heavy atom. The molecular weight excluding hydrogens is 72.9 g/mol. The summed E-state index contributed by atoms with van der Waals surface area (Å²) in [5, 5.41) is 0. The minimum Gasteiger partial charge on any atom is -0.348 e. The van der Waals surface area contributed by atoms with E-state index in [9.17, 15) is 0 Å². The molecule has 0 aromatic heterocycles. The molecule has 0 spiro atoms. The Bertz CT molecular complexity index is 104. The van der Waals surface area contributed by atoms with Crippen molar-refractivity contribution in [3.63, 3.8) is 0 Å². The Labute approximate surface area is 38.0 Å². The van der Waals surface area contributed by atoms with E-state index in [0.29, 0.717) is 0 Å². The molecule has 1 aliphatic heterocycles. The molecule has 30 valence electrons. The predicted molar refractivity (Wildman–Crippen MR) is 29.4 cm³/mol. The highest BCUT2D eigenvalue weighted by molar-refractivity contribution is 6.47. The van der Waals surface area contributed by atoms with Gasteiger partial charge in [0.25, 0.3) is 7.41 Å². The van der Waals surface area contributed by atoms with Gasteiger partial charge in [0.05, 0.1) is 0 Å². The quantitative estimate of drug-likeness (QED) is 0.371. The maximum Gasteiger partial charge on any atom is 0.290 e. The van der Waals surface area contributed by atoms with Crippen molar-refractivity contribution in [1.82, 2.24) is 0 Å². The van der Waals surface area contributed by atoms with E-state index in [1.54, 1.807) is 0 Å². The number of hydrogen-bond donors (Lipinski definition) is 0. The molecule has 0 aromatic rings. The van der Waals surface area contributed by atoms with Crippen molar-refractivity contribution in [2.75, 3.05) is 0 Å². The van der Waals surface area contributed by atoms with Crippen molar-refractivity contribution >= 4 is 13.6 Å². The van der Waals surface area contributed by atoms with Crippen LogP contribution in [-0.4, -0.2) is 13.6 Å². The largest absolute Gasteiger partial charge is 0.348 e. The lowest BCUT2D eigenvalue weighted by molar-refractivity contribution is 1.67. The molecule has 0 atom stereocenters. The monoisotopic (exact) mass is 79.1 g/mol. The number of hydrogen-bond acceptors (Lipinski definition) is 1. The van der Waals surface area contributed by atoms with Gasteiger partial charge in [-0.15, -0.1) is 0 Å². The average molecular weight is 78.9 g/mol. The molecular formula is C4H6BN. The molecule has 0 radical (unpaired) electrons. The standard InChI is InChI=1S/C4H6BN/c1-4-2-3-6-5-4/h2-3,5H,1H3. The van der Waals surface area contributed by atoms with Gasteiger partial charge in [0.1, 0.15) is 0 Å². The minimum atomic E-state index is 0.917. The fourth-order valence-electron chi connectivity index (χ4n) is 0.429. The lowest BCUT2D eigenvalue weighted by Crippen LogP contribution is -1.77. The zero-order chi connectivity index (χ0) is 4.41. The molecule has 0 aliphatic carbocycles. The van der Waals surface area contributed by atoms with Crippen molar-refractivity contribution in [3.8, 4) is 0 Å². The Morgan fingerprint density at radius 3 is 2.83 bits per heavy atom. The fraction of sp³-hybridized carbons (Fsp3) is 0.250. The second kappa shape index (κ2) is 1.29. The van der Waals surface area contributed by atoms with Crippen LogP contribution in [-0.2, 0) is 0 Å². The van der Waals surface area contributed by atoms with Gasteiger partial charge < -0.3 is 4.90 Å². The Kier molecular flexibility index (Phi) is 0.786. The molecule has 1 nitrogen and oxygen atoms in total. The molecule has 6 heavy (non-hydrogen) atoms. The summed E-state index contributed by atoms with van der Waals surface area (Å²) in [6.07, 6.45) is 3.87. The summed E-state index contributed by atoms with van der Waals surface area (Å²) in [6.45, 7) is 2.08. The first-order valence-electron chi connectivity index (χ1n) is 2.05. The zero-order valence-corrected chi connectivity index (χ0v) is 3.81.